The second kappa shape index (κ2) is 5.37. The largest absolute Gasteiger partial charge is 0.440 e. The summed E-state index contributed by atoms with van der Waals surface area (Å²) >= 11 is 0. The molecule has 2 nitrogen and oxygen atoms in total. The van der Waals surface area contributed by atoms with E-state index < -0.39 is 17.6 Å². The van der Waals surface area contributed by atoms with Crippen LogP contribution in [0.15, 0.2) is 53.5 Å². The molecule has 1 aliphatic heterocycles. The van der Waals surface area contributed by atoms with Crippen LogP contribution < -0.4 is 0 Å². The Morgan fingerprint density at radius 1 is 1.09 bits per heavy atom. The van der Waals surface area contributed by atoms with E-state index in [1.165, 1.54) is 13.0 Å². The zero-order valence-electron chi connectivity index (χ0n) is 12.2. The number of nitrogens with zero attached hydrogens (tertiary/aromatic N) is 1. The molecule has 120 valence electrons. The lowest BCUT2D eigenvalue weighted by atomic mass is 10.0. The lowest BCUT2D eigenvalue weighted by Crippen LogP contribution is -2.28. The van der Waals surface area contributed by atoms with Crippen LogP contribution in [0.3, 0.4) is 0 Å². The summed E-state index contributed by atoms with van der Waals surface area (Å²) in [5.41, 5.74) is 0.170. The Morgan fingerprint density at radius 2 is 1.78 bits per heavy atom. The number of hydrogen-bond donors (Lipinski definition) is 0. The number of aliphatic imine (C=N–C) groups is 1. The van der Waals surface area contributed by atoms with Crippen molar-refractivity contribution in [2.45, 2.75) is 25.4 Å². The van der Waals surface area contributed by atoms with Crippen LogP contribution in [0.25, 0.3) is 0 Å². The van der Waals surface area contributed by atoms with Crippen LogP contribution in [0.4, 0.5) is 23.2 Å². The number of alkyl halides is 4. The van der Waals surface area contributed by atoms with Gasteiger partial charge in [-0.15, -0.1) is 0 Å². The number of rotatable bonds is 1. The fourth-order valence-corrected chi connectivity index (χ4v) is 2.43. The first kappa shape index (κ1) is 15.5. The van der Waals surface area contributed by atoms with Crippen molar-refractivity contribution in [1.82, 2.24) is 0 Å². The van der Waals surface area contributed by atoms with Crippen molar-refractivity contribution >= 4 is 11.6 Å². The van der Waals surface area contributed by atoms with Gasteiger partial charge >= 0.3 is 6.18 Å². The van der Waals surface area contributed by atoms with Gasteiger partial charge in [0.25, 0.3) is 5.85 Å². The van der Waals surface area contributed by atoms with E-state index in [-0.39, 0.29) is 23.6 Å². The molecule has 0 radical (unpaired) electrons. The highest BCUT2D eigenvalue weighted by atomic mass is 19.4. The Morgan fingerprint density at radius 3 is 2.43 bits per heavy atom. The molecule has 1 unspecified atom stereocenters. The van der Waals surface area contributed by atoms with Gasteiger partial charge in [-0.2, -0.15) is 17.6 Å². The van der Waals surface area contributed by atoms with Gasteiger partial charge in [0.15, 0.2) is 0 Å². The molecule has 1 aliphatic rings. The maximum atomic E-state index is 14.6. The van der Waals surface area contributed by atoms with Crippen LogP contribution in [0.2, 0.25) is 0 Å². The molecule has 23 heavy (non-hydrogen) atoms. The molecule has 0 aromatic heterocycles. The smallest absolute Gasteiger partial charge is 0.416 e. The minimum atomic E-state index is -4.49. The summed E-state index contributed by atoms with van der Waals surface area (Å²) in [6.07, 6.45) is -4.80. The van der Waals surface area contributed by atoms with E-state index in [1.807, 2.05) is 0 Å². The topological polar surface area (TPSA) is 21.6 Å². The first-order chi connectivity index (χ1) is 10.7. The van der Waals surface area contributed by atoms with Gasteiger partial charge in [0.1, 0.15) is 0 Å². The van der Waals surface area contributed by atoms with Gasteiger partial charge in [0, 0.05) is 18.9 Å². The molecule has 0 amide bonds. The fraction of sp³-hybridized carbons (Fsp3) is 0.235. The first-order valence-electron chi connectivity index (χ1n) is 6.97. The summed E-state index contributed by atoms with van der Waals surface area (Å²) in [7, 11) is 0. The minimum Gasteiger partial charge on any atom is -0.440 e. The molecule has 2 aromatic carbocycles. The summed E-state index contributed by atoms with van der Waals surface area (Å²) < 4.78 is 58.4. The van der Waals surface area contributed by atoms with Crippen molar-refractivity contribution in [3.63, 3.8) is 0 Å². The second-order valence-electron chi connectivity index (χ2n) is 5.50. The van der Waals surface area contributed by atoms with E-state index in [2.05, 4.69) is 4.99 Å². The fourth-order valence-electron chi connectivity index (χ4n) is 2.43. The Balaban J connectivity index is 2.11. The number of ether oxygens (including phenoxy) is 1. The zero-order valence-corrected chi connectivity index (χ0v) is 12.2. The summed E-state index contributed by atoms with van der Waals surface area (Å²) in [6, 6.07) is 11.8. The van der Waals surface area contributed by atoms with E-state index in [0.717, 1.165) is 12.1 Å². The van der Waals surface area contributed by atoms with Crippen LogP contribution in [0.1, 0.15) is 23.6 Å². The molecular weight excluding hydrogens is 310 g/mol. The predicted molar refractivity (Wildman–Crippen MR) is 78.4 cm³/mol. The lowest BCUT2D eigenvalue weighted by Gasteiger charge is -2.21. The molecule has 0 N–H and O–H groups in total. The van der Waals surface area contributed by atoms with Crippen molar-refractivity contribution in [2.24, 2.45) is 4.99 Å². The Bertz CT molecular complexity index is 751. The molecule has 1 heterocycles. The summed E-state index contributed by atoms with van der Waals surface area (Å²) in [5, 5.41) is 0. The number of benzene rings is 2. The highest BCUT2D eigenvalue weighted by Crippen LogP contribution is 2.37. The van der Waals surface area contributed by atoms with E-state index in [4.69, 9.17) is 4.74 Å². The van der Waals surface area contributed by atoms with E-state index >= 15 is 0 Å². The average molecular weight is 323 g/mol. The third-order valence-electron chi connectivity index (χ3n) is 3.47. The predicted octanol–water partition coefficient (Wildman–Crippen LogP) is 5.04. The molecule has 1 atom stereocenters. The van der Waals surface area contributed by atoms with E-state index in [0.29, 0.717) is 5.56 Å². The van der Waals surface area contributed by atoms with Crippen molar-refractivity contribution < 1.29 is 22.3 Å². The molecular formula is C17H13F4NO. The van der Waals surface area contributed by atoms with E-state index in [9.17, 15) is 17.6 Å². The van der Waals surface area contributed by atoms with Crippen LogP contribution >= 0.6 is 0 Å². The van der Waals surface area contributed by atoms with Crippen molar-refractivity contribution in [2.75, 3.05) is 0 Å². The van der Waals surface area contributed by atoms with Crippen LogP contribution in [-0.4, -0.2) is 11.8 Å². The quantitative estimate of drug-likeness (QED) is 0.674. The van der Waals surface area contributed by atoms with Gasteiger partial charge < -0.3 is 4.74 Å². The average Bonchev–Trinajstić information content (AvgIpc) is 2.61. The molecule has 0 fully saturated rings. The number of halogens is 4. The third kappa shape index (κ3) is 3.36. The normalized spacial score (nSPS) is 21.0. The van der Waals surface area contributed by atoms with Crippen LogP contribution in [-0.2, 0) is 17.3 Å². The Kier molecular flexibility index (Phi) is 3.62. The number of fused-ring (bicyclic) bond motifs is 1. The van der Waals surface area contributed by atoms with Gasteiger partial charge in [0.05, 0.1) is 11.3 Å². The van der Waals surface area contributed by atoms with Gasteiger partial charge in [-0.25, -0.2) is 4.99 Å². The highest BCUT2D eigenvalue weighted by Gasteiger charge is 2.35. The summed E-state index contributed by atoms with van der Waals surface area (Å²) in [4.78, 5) is 4.22. The SMILES string of the molecule is CC1(F)Cc2cc(C(F)(F)F)ccc2N=C(c2ccccc2)O1. The highest BCUT2D eigenvalue weighted by molar-refractivity contribution is 5.96. The van der Waals surface area contributed by atoms with Crippen LogP contribution in [0.5, 0.6) is 0 Å². The van der Waals surface area contributed by atoms with Gasteiger partial charge in [0.2, 0.25) is 5.90 Å². The van der Waals surface area contributed by atoms with Crippen molar-refractivity contribution in [3.05, 3.63) is 65.2 Å². The molecule has 0 saturated heterocycles. The Hall–Kier alpha value is -2.37. The first-order valence-corrected chi connectivity index (χ1v) is 6.97. The van der Waals surface area contributed by atoms with Gasteiger partial charge in [-0.05, 0) is 35.9 Å². The van der Waals surface area contributed by atoms with Gasteiger partial charge in [-0.1, -0.05) is 18.2 Å². The maximum Gasteiger partial charge on any atom is 0.416 e. The maximum absolute atomic E-state index is 14.6. The number of hydrogen-bond acceptors (Lipinski definition) is 2. The summed E-state index contributed by atoms with van der Waals surface area (Å²) in [6.45, 7) is 1.18. The molecule has 3 rings (SSSR count). The molecule has 2 aromatic rings. The van der Waals surface area contributed by atoms with Crippen molar-refractivity contribution in [1.29, 1.82) is 0 Å². The minimum absolute atomic E-state index is 0.0501. The lowest BCUT2D eigenvalue weighted by molar-refractivity contribution is -0.137. The second-order valence-corrected chi connectivity index (χ2v) is 5.50. The molecule has 6 heteroatoms. The molecule has 0 bridgehead atoms. The van der Waals surface area contributed by atoms with Crippen LogP contribution in [0, 0.1) is 0 Å². The van der Waals surface area contributed by atoms with E-state index in [1.54, 1.807) is 30.3 Å². The molecule has 0 aliphatic carbocycles. The third-order valence-corrected chi connectivity index (χ3v) is 3.47. The monoisotopic (exact) mass is 323 g/mol. The Labute approximate surface area is 130 Å². The molecule has 0 saturated carbocycles. The van der Waals surface area contributed by atoms with Crippen molar-refractivity contribution in [3.8, 4) is 0 Å². The van der Waals surface area contributed by atoms with Gasteiger partial charge in [-0.3, -0.25) is 0 Å². The standard InChI is InChI=1S/C17H13F4NO/c1-16(18)10-12-9-13(17(19,20)21)7-8-14(12)22-15(23-16)11-5-3-2-4-6-11/h2-9H,10H2,1H3. The molecule has 0 spiro atoms. The zero-order chi connectivity index (χ0) is 16.7. The summed E-state index contributed by atoms with van der Waals surface area (Å²) in [5.74, 6) is -2.10.